The Kier molecular flexibility index (Phi) is 10.9. The van der Waals surface area contributed by atoms with E-state index in [2.05, 4.69) is 229 Å². The third-order valence-electron chi connectivity index (χ3n) is 14.9. The number of nitrogens with zero attached hydrogens (tertiary/aromatic N) is 4. The van der Waals surface area contributed by atoms with Gasteiger partial charge in [0.15, 0.2) is 23.2 Å². The second-order valence-corrected chi connectivity index (χ2v) is 19.4. The van der Waals surface area contributed by atoms with Gasteiger partial charge in [-0.05, 0) is 134 Å². The zero-order valence-electron chi connectivity index (χ0n) is 41.2. The van der Waals surface area contributed by atoms with Gasteiger partial charge >= 0.3 is 0 Å². The highest BCUT2D eigenvalue weighted by atomic mass is 15.0. The molecule has 352 valence electrons. The van der Waals surface area contributed by atoms with E-state index >= 15 is 0 Å². The molecule has 4 heteroatoms. The summed E-state index contributed by atoms with van der Waals surface area (Å²) in [4.78, 5) is 19.0. The number of fused-ring (bicyclic) bond motifs is 9. The van der Waals surface area contributed by atoms with Crippen molar-refractivity contribution >= 4 is 59.5 Å². The van der Waals surface area contributed by atoms with Crippen LogP contribution in [0.15, 0.2) is 267 Å². The van der Waals surface area contributed by atoms with Gasteiger partial charge in [0, 0.05) is 16.7 Å². The average Bonchev–Trinajstić information content (AvgIpc) is 3.51. The predicted octanol–water partition coefficient (Wildman–Crippen LogP) is 19.5. The van der Waals surface area contributed by atoms with Crippen LogP contribution in [0, 0.1) is 6.57 Å². The molecule has 0 aliphatic heterocycles. The molecular formula is C72H44N4. The maximum Gasteiger partial charge on any atom is 0.187 e. The number of hydrogen-bond acceptors (Lipinski definition) is 3. The van der Waals surface area contributed by atoms with Crippen LogP contribution in [0.1, 0.15) is 0 Å². The van der Waals surface area contributed by atoms with Crippen LogP contribution < -0.4 is 0 Å². The van der Waals surface area contributed by atoms with Crippen LogP contribution in [0.2, 0.25) is 0 Å². The Morgan fingerprint density at radius 2 is 0.632 bits per heavy atom. The van der Waals surface area contributed by atoms with E-state index in [1.165, 1.54) is 59.4 Å². The van der Waals surface area contributed by atoms with Crippen molar-refractivity contribution in [1.82, 2.24) is 15.0 Å². The Labute approximate surface area is 440 Å². The van der Waals surface area contributed by atoms with E-state index in [0.717, 1.165) is 66.8 Å². The van der Waals surface area contributed by atoms with Crippen LogP contribution in [0.5, 0.6) is 0 Å². The molecule has 0 unspecified atom stereocenters. The second-order valence-electron chi connectivity index (χ2n) is 19.4. The summed E-state index contributed by atoms with van der Waals surface area (Å²) in [5, 5.41) is 12.5. The van der Waals surface area contributed by atoms with Gasteiger partial charge in [0.2, 0.25) is 0 Å². The molecule has 0 saturated heterocycles. The lowest BCUT2D eigenvalue weighted by atomic mass is 9.90. The summed E-state index contributed by atoms with van der Waals surface area (Å²) in [6, 6.07) is 94.4. The summed E-state index contributed by atoms with van der Waals surface area (Å²) in [7, 11) is 0. The summed E-state index contributed by atoms with van der Waals surface area (Å²) in [6.45, 7) is 7.93. The van der Waals surface area contributed by atoms with Crippen molar-refractivity contribution in [3.05, 3.63) is 278 Å². The molecule has 0 atom stereocenters. The van der Waals surface area contributed by atoms with Crippen molar-refractivity contribution in [2.75, 3.05) is 0 Å². The summed E-state index contributed by atoms with van der Waals surface area (Å²) >= 11 is 0. The van der Waals surface area contributed by atoms with Gasteiger partial charge < -0.3 is 0 Å². The van der Waals surface area contributed by atoms with Crippen LogP contribution in [-0.2, 0) is 0 Å². The smallest absolute Gasteiger partial charge is 0.187 e. The highest BCUT2D eigenvalue weighted by Crippen LogP contribution is 2.41. The molecule has 0 aliphatic carbocycles. The first-order valence-electron chi connectivity index (χ1n) is 25.6. The van der Waals surface area contributed by atoms with E-state index in [9.17, 15) is 0 Å². The third-order valence-corrected chi connectivity index (χ3v) is 14.9. The first-order valence-corrected chi connectivity index (χ1v) is 25.6. The van der Waals surface area contributed by atoms with E-state index in [0.29, 0.717) is 23.2 Å². The number of aromatic nitrogens is 3. The first kappa shape index (κ1) is 44.4. The standard InChI is InChI=1S/C72H44N4/c1-73-57-39-41-59(55-18-13-17-53(42-55)54-38-40-66-63-23-9-8-21-61(63)62-22-10-12-25-65(62)69(66)43-54)68(45-57)49-30-26-46(27-31-49)47-28-34-51(35-29-47)71-74-70(50-14-3-2-4-15-50)75-72(76-71)52-36-32-48(33-37-52)67-44-56-16-5-6-19-58(56)60-20-7-11-24-64(60)67/h2-45H. The SMILES string of the molecule is [C-]#[N+]c1ccc(-c2cccc(-c3ccc4c5ccccc5c5ccccc5c4c3)c2)c(-c2ccc(-c3ccc(-c4nc(-c5ccccc5)nc(-c5ccc(-c6cc7ccccc7c7ccccc67)cc5)n4)cc3)cc2)c1. The van der Waals surface area contributed by atoms with Crippen molar-refractivity contribution in [2.45, 2.75) is 0 Å². The van der Waals surface area contributed by atoms with Gasteiger partial charge in [-0.25, -0.2) is 19.8 Å². The van der Waals surface area contributed by atoms with Crippen LogP contribution in [0.25, 0.3) is 149 Å². The minimum Gasteiger partial charge on any atom is -0.238 e. The van der Waals surface area contributed by atoms with E-state index in [1.807, 2.05) is 42.5 Å². The minimum atomic E-state index is 0.604. The first-order chi connectivity index (χ1) is 37.6. The molecular weight excluding hydrogens is 921 g/mol. The van der Waals surface area contributed by atoms with Crippen molar-refractivity contribution < 1.29 is 0 Å². The lowest BCUT2D eigenvalue weighted by Crippen LogP contribution is -2.00. The fraction of sp³-hybridized carbons (Fsp3) is 0. The Bertz CT molecular complexity index is 4580. The van der Waals surface area contributed by atoms with E-state index in [1.54, 1.807) is 0 Å². The zero-order chi connectivity index (χ0) is 50.5. The average molecular weight is 965 g/mol. The number of benzene rings is 13. The molecule has 14 aromatic rings. The Hall–Kier alpha value is -10.3. The lowest BCUT2D eigenvalue weighted by molar-refractivity contribution is 1.07. The highest BCUT2D eigenvalue weighted by molar-refractivity contribution is 6.25. The van der Waals surface area contributed by atoms with E-state index in [-0.39, 0.29) is 0 Å². The maximum atomic E-state index is 7.93. The number of hydrogen-bond donors (Lipinski definition) is 0. The van der Waals surface area contributed by atoms with Gasteiger partial charge in [-0.1, -0.05) is 243 Å². The van der Waals surface area contributed by atoms with Gasteiger partial charge in [-0.2, -0.15) is 0 Å². The largest absolute Gasteiger partial charge is 0.238 e. The highest BCUT2D eigenvalue weighted by Gasteiger charge is 2.17. The molecule has 0 radical (unpaired) electrons. The van der Waals surface area contributed by atoms with Gasteiger partial charge in [-0.15, -0.1) is 0 Å². The zero-order valence-corrected chi connectivity index (χ0v) is 41.2. The summed E-state index contributed by atoms with van der Waals surface area (Å²) in [5.41, 5.74) is 14.3. The molecule has 0 amide bonds. The molecule has 13 aromatic carbocycles. The third kappa shape index (κ3) is 7.92. The number of rotatable bonds is 8. The fourth-order valence-electron chi connectivity index (χ4n) is 11.1. The van der Waals surface area contributed by atoms with Crippen molar-refractivity contribution in [1.29, 1.82) is 0 Å². The van der Waals surface area contributed by atoms with Crippen molar-refractivity contribution in [2.24, 2.45) is 0 Å². The maximum absolute atomic E-state index is 7.93. The quantitative estimate of drug-likeness (QED) is 0.113. The summed E-state index contributed by atoms with van der Waals surface area (Å²) in [6.07, 6.45) is 0. The fourth-order valence-corrected chi connectivity index (χ4v) is 11.1. The predicted molar refractivity (Wildman–Crippen MR) is 317 cm³/mol. The molecule has 14 rings (SSSR count). The molecule has 1 heterocycles. The Morgan fingerprint density at radius 1 is 0.224 bits per heavy atom. The van der Waals surface area contributed by atoms with Gasteiger partial charge in [-0.3, -0.25) is 0 Å². The monoisotopic (exact) mass is 964 g/mol. The lowest BCUT2D eigenvalue weighted by Gasteiger charge is -2.14. The summed E-state index contributed by atoms with van der Waals surface area (Å²) < 4.78 is 0. The van der Waals surface area contributed by atoms with E-state index in [4.69, 9.17) is 21.5 Å². The molecule has 1 aromatic heterocycles. The molecule has 76 heavy (non-hydrogen) atoms. The minimum absolute atomic E-state index is 0.604. The molecule has 0 aliphatic rings. The van der Waals surface area contributed by atoms with Crippen molar-refractivity contribution in [3.8, 4) is 89.8 Å². The van der Waals surface area contributed by atoms with E-state index < -0.39 is 0 Å². The molecule has 0 saturated carbocycles. The van der Waals surface area contributed by atoms with Gasteiger partial charge in [0.1, 0.15) is 0 Å². The van der Waals surface area contributed by atoms with Gasteiger partial charge in [0.25, 0.3) is 0 Å². The summed E-state index contributed by atoms with van der Waals surface area (Å²) in [5.74, 6) is 1.84. The molecule has 4 nitrogen and oxygen atoms in total. The molecule has 0 spiro atoms. The Morgan fingerprint density at radius 3 is 1.22 bits per heavy atom. The Balaban J connectivity index is 0.767. The molecule has 0 fully saturated rings. The molecule has 0 N–H and O–H groups in total. The van der Waals surface area contributed by atoms with Crippen molar-refractivity contribution in [3.63, 3.8) is 0 Å². The van der Waals surface area contributed by atoms with Crippen LogP contribution in [0.4, 0.5) is 5.69 Å². The van der Waals surface area contributed by atoms with Crippen LogP contribution in [-0.4, -0.2) is 15.0 Å². The normalized spacial score (nSPS) is 11.4. The topological polar surface area (TPSA) is 43.0 Å². The van der Waals surface area contributed by atoms with Crippen LogP contribution in [0.3, 0.4) is 0 Å². The van der Waals surface area contributed by atoms with Gasteiger partial charge in [0.05, 0.1) is 6.57 Å². The molecule has 0 bridgehead atoms. The van der Waals surface area contributed by atoms with Crippen LogP contribution >= 0.6 is 0 Å². The second kappa shape index (κ2) is 18.6.